The summed E-state index contributed by atoms with van der Waals surface area (Å²) in [7, 11) is 0. The number of fused-ring (bicyclic) bond motifs is 1. The number of rotatable bonds is 1. The van der Waals surface area contributed by atoms with E-state index in [1.54, 1.807) is 18.2 Å². The van der Waals surface area contributed by atoms with Crippen molar-refractivity contribution in [2.45, 2.75) is 0 Å². The summed E-state index contributed by atoms with van der Waals surface area (Å²) in [6.07, 6.45) is 1.37. The molecule has 1 aliphatic rings. The lowest BCUT2D eigenvalue weighted by Gasteiger charge is -2.01. The third-order valence-electron chi connectivity index (χ3n) is 2.50. The number of aromatic amines is 2. The Morgan fingerprint density at radius 3 is 2.76 bits per heavy atom. The average Bonchev–Trinajstić information content (AvgIpc) is 2.75. The number of ether oxygens (including phenoxy) is 2. The van der Waals surface area contributed by atoms with Crippen LogP contribution in [0.3, 0.4) is 0 Å². The van der Waals surface area contributed by atoms with Crippen LogP contribution in [0.5, 0.6) is 11.5 Å². The van der Waals surface area contributed by atoms with Crippen LogP contribution in [0, 0.1) is 0 Å². The normalized spacial score (nSPS) is 12.7. The lowest BCUT2D eigenvalue weighted by molar-refractivity contribution is 0.174. The largest absolute Gasteiger partial charge is 0.454 e. The Hall–Kier alpha value is -2.50. The Labute approximate surface area is 94.8 Å². The molecule has 0 aliphatic carbocycles. The van der Waals surface area contributed by atoms with Gasteiger partial charge >= 0.3 is 5.69 Å². The van der Waals surface area contributed by atoms with Gasteiger partial charge < -0.3 is 14.5 Å². The molecule has 0 unspecified atom stereocenters. The zero-order valence-corrected chi connectivity index (χ0v) is 8.65. The summed E-state index contributed by atoms with van der Waals surface area (Å²) in [5, 5.41) is 0. The molecule has 2 heterocycles. The lowest BCUT2D eigenvalue weighted by atomic mass is 10.1. The van der Waals surface area contributed by atoms with E-state index in [1.807, 2.05) is 0 Å². The molecule has 1 aliphatic heterocycles. The number of hydrogen-bond acceptors (Lipinski definition) is 4. The van der Waals surface area contributed by atoms with Crippen molar-refractivity contribution in [2.75, 3.05) is 6.79 Å². The number of H-pyrrole nitrogens is 2. The second-order valence-corrected chi connectivity index (χ2v) is 3.55. The van der Waals surface area contributed by atoms with Crippen LogP contribution in [0.1, 0.15) is 0 Å². The smallest absolute Gasteiger partial charge is 0.325 e. The summed E-state index contributed by atoms with van der Waals surface area (Å²) in [4.78, 5) is 27.1. The first kappa shape index (κ1) is 9.71. The van der Waals surface area contributed by atoms with Crippen LogP contribution in [0.2, 0.25) is 0 Å². The Morgan fingerprint density at radius 2 is 1.94 bits per heavy atom. The van der Waals surface area contributed by atoms with Gasteiger partial charge in [0.05, 0.1) is 5.56 Å². The van der Waals surface area contributed by atoms with Crippen LogP contribution in [-0.4, -0.2) is 16.8 Å². The zero-order chi connectivity index (χ0) is 11.8. The van der Waals surface area contributed by atoms with Crippen LogP contribution >= 0.6 is 0 Å². The maximum Gasteiger partial charge on any atom is 0.325 e. The van der Waals surface area contributed by atoms with E-state index in [0.29, 0.717) is 22.6 Å². The van der Waals surface area contributed by atoms with E-state index in [-0.39, 0.29) is 6.79 Å². The third kappa shape index (κ3) is 1.59. The van der Waals surface area contributed by atoms with Crippen LogP contribution in [0.15, 0.2) is 34.0 Å². The number of hydrogen-bond donors (Lipinski definition) is 2. The van der Waals surface area contributed by atoms with Gasteiger partial charge in [0, 0.05) is 6.20 Å². The third-order valence-corrected chi connectivity index (χ3v) is 2.50. The molecule has 3 rings (SSSR count). The minimum atomic E-state index is -0.528. The van der Waals surface area contributed by atoms with E-state index in [2.05, 4.69) is 9.97 Å². The summed E-state index contributed by atoms with van der Waals surface area (Å²) >= 11 is 0. The molecule has 1 aromatic carbocycles. The molecule has 2 N–H and O–H groups in total. The van der Waals surface area contributed by atoms with E-state index >= 15 is 0 Å². The summed E-state index contributed by atoms with van der Waals surface area (Å²) in [6.45, 7) is 0.181. The molecule has 86 valence electrons. The van der Waals surface area contributed by atoms with Gasteiger partial charge in [0.25, 0.3) is 5.56 Å². The molecular formula is C11H8N2O4. The Morgan fingerprint density at radius 1 is 1.12 bits per heavy atom. The number of benzene rings is 1. The highest BCUT2D eigenvalue weighted by Crippen LogP contribution is 2.34. The second kappa shape index (κ2) is 3.51. The van der Waals surface area contributed by atoms with Crippen LogP contribution in [-0.2, 0) is 0 Å². The van der Waals surface area contributed by atoms with Gasteiger partial charge in [-0.3, -0.25) is 9.78 Å². The molecule has 0 amide bonds. The van der Waals surface area contributed by atoms with Gasteiger partial charge in [-0.25, -0.2) is 4.79 Å². The highest BCUT2D eigenvalue weighted by Gasteiger charge is 2.14. The van der Waals surface area contributed by atoms with E-state index < -0.39 is 11.2 Å². The van der Waals surface area contributed by atoms with E-state index in [4.69, 9.17) is 9.47 Å². The van der Waals surface area contributed by atoms with Gasteiger partial charge in [-0.1, -0.05) is 6.07 Å². The molecule has 0 fully saturated rings. The predicted octanol–water partition coefficient (Wildman–Crippen LogP) is 0.459. The zero-order valence-electron chi connectivity index (χ0n) is 8.65. The maximum atomic E-state index is 11.6. The van der Waals surface area contributed by atoms with E-state index in [1.165, 1.54) is 6.20 Å². The highest BCUT2D eigenvalue weighted by molar-refractivity contribution is 5.65. The fraction of sp³-hybridized carbons (Fsp3) is 0.0909. The Kier molecular flexibility index (Phi) is 2.01. The molecule has 0 spiro atoms. The molecule has 0 saturated heterocycles. The summed E-state index contributed by atoms with van der Waals surface area (Å²) in [5.74, 6) is 1.24. The van der Waals surface area contributed by atoms with Crippen LogP contribution < -0.4 is 20.7 Å². The molecular weight excluding hydrogens is 224 g/mol. The topological polar surface area (TPSA) is 84.2 Å². The second-order valence-electron chi connectivity index (χ2n) is 3.55. The van der Waals surface area contributed by atoms with Crippen molar-refractivity contribution in [3.8, 4) is 22.6 Å². The SMILES string of the molecule is O=c1[nH]cc(-c2ccc3c(c2)OCO3)c(=O)[nH]1. The van der Waals surface area contributed by atoms with Crippen molar-refractivity contribution in [1.82, 2.24) is 9.97 Å². The maximum absolute atomic E-state index is 11.6. The van der Waals surface area contributed by atoms with Crippen LogP contribution in [0.4, 0.5) is 0 Å². The predicted molar refractivity (Wildman–Crippen MR) is 59.2 cm³/mol. The summed E-state index contributed by atoms with van der Waals surface area (Å²) in [5.41, 5.74) is 0.0711. The monoisotopic (exact) mass is 232 g/mol. The van der Waals surface area contributed by atoms with Crippen molar-refractivity contribution in [1.29, 1.82) is 0 Å². The number of nitrogens with one attached hydrogen (secondary N) is 2. The standard InChI is InChI=1S/C11H8N2O4/c14-10-7(4-12-11(15)13-10)6-1-2-8-9(3-6)17-5-16-8/h1-4H,5H2,(H2,12,13,14,15). The molecule has 0 radical (unpaired) electrons. The molecule has 6 heteroatoms. The first-order valence-electron chi connectivity index (χ1n) is 4.96. The minimum Gasteiger partial charge on any atom is -0.454 e. The van der Waals surface area contributed by atoms with Crippen molar-refractivity contribution < 1.29 is 9.47 Å². The lowest BCUT2D eigenvalue weighted by Crippen LogP contribution is -2.22. The molecule has 0 atom stereocenters. The molecule has 6 nitrogen and oxygen atoms in total. The van der Waals surface area contributed by atoms with E-state index in [9.17, 15) is 9.59 Å². The van der Waals surface area contributed by atoms with E-state index in [0.717, 1.165) is 0 Å². The van der Waals surface area contributed by atoms with Crippen molar-refractivity contribution in [3.05, 3.63) is 45.2 Å². The van der Waals surface area contributed by atoms with Gasteiger partial charge in [-0.2, -0.15) is 0 Å². The van der Waals surface area contributed by atoms with Gasteiger partial charge in [0.2, 0.25) is 6.79 Å². The molecule has 1 aromatic heterocycles. The van der Waals surface area contributed by atoms with Gasteiger partial charge in [0.1, 0.15) is 0 Å². The van der Waals surface area contributed by atoms with Crippen molar-refractivity contribution in [2.24, 2.45) is 0 Å². The fourth-order valence-corrected chi connectivity index (χ4v) is 1.69. The highest BCUT2D eigenvalue weighted by atomic mass is 16.7. The summed E-state index contributed by atoms with van der Waals surface area (Å²) in [6, 6.07) is 5.16. The summed E-state index contributed by atoms with van der Waals surface area (Å²) < 4.78 is 10.4. The Bertz CT molecular complexity index is 686. The average molecular weight is 232 g/mol. The first-order chi connectivity index (χ1) is 8.24. The quantitative estimate of drug-likeness (QED) is 0.748. The first-order valence-corrected chi connectivity index (χ1v) is 4.96. The van der Waals surface area contributed by atoms with Crippen LogP contribution in [0.25, 0.3) is 11.1 Å². The fourth-order valence-electron chi connectivity index (χ4n) is 1.69. The molecule has 0 saturated carbocycles. The van der Waals surface area contributed by atoms with Gasteiger partial charge in [0.15, 0.2) is 11.5 Å². The van der Waals surface area contributed by atoms with Gasteiger partial charge in [-0.05, 0) is 17.7 Å². The minimum absolute atomic E-state index is 0.181. The molecule has 0 bridgehead atoms. The van der Waals surface area contributed by atoms with Gasteiger partial charge in [-0.15, -0.1) is 0 Å². The molecule has 17 heavy (non-hydrogen) atoms. The molecule has 2 aromatic rings. The Balaban J connectivity index is 2.16. The van der Waals surface area contributed by atoms with Crippen molar-refractivity contribution >= 4 is 0 Å². The number of aromatic nitrogens is 2. The van der Waals surface area contributed by atoms with Crippen molar-refractivity contribution in [3.63, 3.8) is 0 Å².